The molecule has 0 aliphatic heterocycles. The highest BCUT2D eigenvalue weighted by Crippen LogP contribution is 2.39. The minimum atomic E-state index is -4.22. The van der Waals surface area contributed by atoms with Crippen LogP contribution in [0.1, 0.15) is 33.6 Å². The molecule has 0 saturated carbocycles. The number of nitrogens with two attached hydrogens (primary N) is 1. The lowest BCUT2D eigenvalue weighted by Gasteiger charge is -2.21. The number of methoxy groups -OCH3 is 2. The summed E-state index contributed by atoms with van der Waals surface area (Å²) in [6.45, 7) is 0.265. The molecule has 10 heteroatoms. The first kappa shape index (κ1) is 29.2. The molecular formula is C34H33N5O4S. The van der Waals surface area contributed by atoms with Gasteiger partial charge in [0.25, 0.3) is 0 Å². The number of nitrogens with one attached hydrogen (secondary N) is 1. The highest BCUT2D eigenvalue weighted by atomic mass is 32.2. The van der Waals surface area contributed by atoms with Gasteiger partial charge in [-0.3, -0.25) is 0 Å². The smallest absolute Gasteiger partial charge is 0.223 e. The Labute approximate surface area is 256 Å². The van der Waals surface area contributed by atoms with Crippen molar-refractivity contribution in [1.82, 2.24) is 19.7 Å². The van der Waals surface area contributed by atoms with Gasteiger partial charge in [0, 0.05) is 40.7 Å². The quantitative estimate of drug-likeness (QED) is 0.196. The Morgan fingerprint density at radius 1 is 0.841 bits per heavy atom. The third-order valence-electron chi connectivity index (χ3n) is 7.84. The number of para-hydroxylation sites is 1. The van der Waals surface area contributed by atoms with Crippen molar-refractivity contribution in [1.29, 1.82) is 0 Å². The summed E-state index contributed by atoms with van der Waals surface area (Å²) in [5.74, 6) is 2.12. The van der Waals surface area contributed by atoms with E-state index in [9.17, 15) is 8.42 Å². The van der Waals surface area contributed by atoms with Crippen LogP contribution < -0.4 is 14.6 Å². The molecule has 2 heterocycles. The molecule has 0 amide bonds. The van der Waals surface area contributed by atoms with Crippen LogP contribution in [0, 0.1) is 0 Å². The fourth-order valence-corrected chi connectivity index (χ4v) is 6.71. The molecule has 2 aromatic heterocycles. The first-order chi connectivity index (χ1) is 21.4. The summed E-state index contributed by atoms with van der Waals surface area (Å²) in [5.41, 5.74) is 5.03. The van der Waals surface area contributed by atoms with E-state index < -0.39 is 15.3 Å². The Bertz CT molecular complexity index is 2020. The predicted molar refractivity (Wildman–Crippen MR) is 171 cm³/mol. The van der Waals surface area contributed by atoms with E-state index in [-0.39, 0.29) is 12.4 Å². The maximum atomic E-state index is 13.6. The summed E-state index contributed by atoms with van der Waals surface area (Å²) < 4.78 is 40.1. The minimum Gasteiger partial charge on any atom is -0.497 e. The normalized spacial score (nSPS) is 12.3. The number of aromatic nitrogens is 4. The molecule has 0 aliphatic rings. The third-order valence-corrected chi connectivity index (χ3v) is 8.97. The van der Waals surface area contributed by atoms with E-state index in [0.717, 1.165) is 33.2 Å². The molecule has 1 atom stereocenters. The Kier molecular flexibility index (Phi) is 8.19. The monoisotopic (exact) mass is 607 g/mol. The standard InChI is InChI=1S/C34H33N5O4S/c1-42-25-18-17-24(31(20-25)43-2)22-39-32(19-16-23-10-4-3-5-11-23)37-38-34(39)33(44(35,40)41)28-14-7-6-12-26(28)29-21-36-30-15-9-8-13-27(29)30/h3-15,17-18,20-21,33,36H,16,19,22H2,1-2H3,(H2,35,40,41)/t33-/m1/s1. The van der Waals surface area contributed by atoms with Crippen LogP contribution in [-0.4, -0.2) is 42.4 Å². The lowest BCUT2D eigenvalue weighted by atomic mass is 9.96. The number of nitrogens with zero attached hydrogens (tertiary/aromatic N) is 3. The molecule has 0 saturated heterocycles. The number of sulfonamides is 1. The van der Waals surface area contributed by atoms with Gasteiger partial charge in [-0.1, -0.05) is 72.8 Å². The van der Waals surface area contributed by atoms with Crippen molar-refractivity contribution in [2.75, 3.05) is 14.2 Å². The Balaban J connectivity index is 1.51. The summed E-state index contributed by atoms with van der Waals surface area (Å²) in [5, 5.41) is 14.8. The second kappa shape index (κ2) is 12.4. The molecule has 0 radical (unpaired) electrons. The average molecular weight is 608 g/mol. The van der Waals surface area contributed by atoms with Crippen molar-refractivity contribution in [3.8, 4) is 22.6 Å². The van der Waals surface area contributed by atoms with E-state index in [0.29, 0.717) is 35.7 Å². The molecule has 224 valence electrons. The molecule has 0 fully saturated rings. The number of aryl methyl sites for hydroxylation is 2. The largest absolute Gasteiger partial charge is 0.497 e. The van der Waals surface area contributed by atoms with Crippen molar-refractivity contribution in [3.05, 3.63) is 132 Å². The van der Waals surface area contributed by atoms with Crippen LogP contribution in [0.15, 0.2) is 103 Å². The summed E-state index contributed by atoms with van der Waals surface area (Å²) in [4.78, 5) is 3.30. The molecule has 6 aromatic rings. The fourth-order valence-electron chi connectivity index (χ4n) is 5.68. The second-order valence-electron chi connectivity index (χ2n) is 10.5. The van der Waals surface area contributed by atoms with Gasteiger partial charge in [-0.15, -0.1) is 10.2 Å². The van der Waals surface area contributed by atoms with Crippen molar-refractivity contribution in [3.63, 3.8) is 0 Å². The predicted octanol–water partition coefficient (Wildman–Crippen LogP) is 5.66. The molecular weight excluding hydrogens is 574 g/mol. The molecule has 3 N–H and O–H groups in total. The van der Waals surface area contributed by atoms with Crippen LogP contribution in [-0.2, 0) is 29.4 Å². The topological polar surface area (TPSA) is 125 Å². The van der Waals surface area contributed by atoms with Crippen molar-refractivity contribution >= 4 is 20.9 Å². The number of hydrogen-bond donors (Lipinski definition) is 2. The third kappa shape index (κ3) is 5.82. The van der Waals surface area contributed by atoms with Gasteiger partial charge in [0.1, 0.15) is 17.3 Å². The zero-order valence-electron chi connectivity index (χ0n) is 24.5. The SMILES string of the molecule is COc1ccc(Cn2c(CCc3ccccc3)nnc2[C@@H](c2ccccc2-c2c[nH]c3ccccc23)S(N)(=O)=O)c(OC)c1. The molecule has 0 aliphatic carbocycles. The molecule has 9 nitrogen and oxygen atoms in total. The molecule has 4 aromatic carbocycles. The number of ether oxygens (including phenoxy) is 2. The van der Waals surface area contributed by atoms with E-state index in [2.05, 4.69) is 27.3 Å². The second-order valence-corrected chi connectivity index (χ2v) is 12.2. The maximum absolute atomic E-state index is 13.6. The number of aromatic amines is 1. The van der Waals surface area contributed by atoms with Crippen LogP contribution >= 0.6 is 0 Å². The summed E-state index contributed by atoms with van der Waals surface area (Å²) >= 11 is 0. The Morgan fingerprint density at radius 2 is 1.59 bits per heavy atom. The molecule has 0 bridgehead atoms. The van der Waals surface area contributed by atoms with Gasteiger partial charge in [0.15, 0.2) is 11.1 Å². The lowest BCUT2D eigenvalue weighted by molar-refractivity contribution is 0.390. The number of rotatable bonds is 11. The first-order valence-corrected chi connectivity index (χ1v) is 15.8. The highest BCUT2D eigenvalue weighted by molar-refractivity contribution is 7.89. The van der Waals surface area contributed by atoms with Crippen LogP contribution in [0.25, 0.3) is 22.0 Å². The van der Waals surface area contributed by atoms with Gasteiger partial charge in [0.2, 0.25) is 10.0 Å². The number of hydrogen-bond acceptors (Lipinski definition) is 6. The number of H-pyrrole nitrogens is 1. The maximum Gasteiger partial charge on any atom is 0.223 e. The number of benzene rings is 4. The summed E-state index contributed by atoms with van der Waals surface area (Å²) in [7, 11) is -1.03. The van der Waals surface area contributed by atoms with Gasteiger partial charge in [-0.05, 0) is 41.3 Å². The molecule has 6 rings (SSSR count). The minimum absolute atomic E-state index is 0.237. The summed E-state index contributed by atoms with van der Waals surface area (Å²) in [6, 6.07) is 30.9. The van der Waals surface area contributed by atoms with Crippen LogP contribution in [0.2, 0.25) is 0 Å². The lowest BCUT2D eigenvalue weighted by Crippen LogP contribution is -2.27. The van der Waals surface area contributed by atoms with Gasteiger partial charge in [0.05, 0.1) is 20.8 Å². The van der Waals surface area contributed by atoms with Gasteiger partial charge >= 0.3 is 0 Å². The van der Waals surface area contributed by atoms with E-state index in [4.69, 9.17) is 14.6 Å². The van der Waals surface area contributed by atoms with Crippen molar-refractivity contribution < 1.29 is 17.9 Å². The van der Waals surface area contributed by atoms with Crippen LogP contribution in [0.3, 0.4) is 0 Å². The summed E-state index contributed by atoms with van der Waals surface area (Å²) in [6.07, 6.45) is 3.13. The zero-order valence-corrected chi connectivity index (χ0v) is 25.3. The van der Waals surface area contributed by atoms with Crippen molar-refractivity contribution in [2.24, 2.45) is 5.14 Å². The van der Waals surface area contributed by atoms with E-state index in [1.807, 2.05) is 83.6 Å². The molecule has 44 heavy (non-hydrogen) atoms. The molecule has 0 spiro atoms. The van der Waals surface area contributed by atoms with Crippen LogP contribution in [0.4, 0.5) is 0 Å². The number of fused-ring (bicyclic) bond motifs is 1. The van der Waals surface area contributed by atoms with E-state index in [1.54, 1.807) is 26.4 Å². The average Bonchev–Trinajstić information content (AvgIpc) is 3.64. The number of primary sulfonamides is 1. The van der Waals surface area contributed by atoms with E-state index >= 15 is 0 Å². The zero-order chi connectivity index (χ0) is 30.7. The van der Waals surface area contributed by atoms with Gasteiger partial charge in [-0.25, -0.2) is 13.6 Å². The molecule has 0 unspecified atom stereocenters. The van der Waals surface area contributed by atoms with Crippen LogP contribution in [0.5, 0.6) is 11.5 Å². The highest BCUT2D eigenvalue weighted by Gasteiger charge is 2.34. The fraction of sp³-hybridized carbons (Fsp3) is 0.176. The Hall–Kier alpha value is -4.93. The van der Waals surface area contributed by atoms with Gasteiger partial charge < -0.3 is 19.0 Å². The van der Waals surface area contributed by atoms with E-state index in [1.165, 1.54) is 0 Å². The first-order valence-electron chi connectivity index (χ1n) is 14.2. The Morgan fingerprint density at radius 3 is 2.36 bits per heavy atom. The van der Waals surface area contributed by atoms with Crippen molar-refractivity contribution in [2.45, 2.75) is 24.6 Å². The van der Waals surface area contributed by atoms with Gasteiger partial charge in [-0.2, -0.15) is 0 Å².